The molecule has 1 atom stereocenters. The SMILES string of the molecule is COC1(CC(Cl)c2ccc(Br)cc2)CCC1. The van der Waals surface area contributed by atoms with Crippen molar-refractivity contribution in [1.82, 2.24) is 0 Å². The van der Waals surface area contributed by atoms with Gasteiger partial charge >= 0.3 is 0 Å². The third-order valence-corrected chi connectivity index (χ3v) is 4.42. The van der Waals surface area contributed by atoms with Gasteiger partial charge in [-0.05, 0) is 43.4 Å². The Hall–Kier alpha value is -0.0500. The van der Waals surface area contributed by atoms with Crippen molar-refractivity contribution in [3.05, 3.63) is 34.3 Å². The first-order valence-corrected chi connectivity index (χ1v) is 6.83. The molecule has 1 unspecified atom stereocenters. The first-order valence-electron chi connectivity index (χ1n) is 5.60. The molecule has 0 amide bonds. The lowest BCUT2D eigenvalue weighted by molar-refractivity contribution is -0.0780. The second-order valence-electron chi connectivity index (χ2n) is 4.46. The van der Waals surface area contributed by atoms with Gasteiger partial charge < -0.3 is 4.74 Å². The number of rotatable bonds is 4. The molecule has 1 aliphatic carbocycles. The van der Waals surface area contributed by atoms with Gasteiger partial charge in [-0.3, -0.25) is 0 Å². The molecule has 1 fully saturated rings. The minimum absolute atomic E-state index is 0.0412. The molecule has 0 N–H and O–H groups in total. The van der Waals surface area contributed by atoms with Crippen molar-refractivity contribution in [1.29, 1.82) is 0 Å². The summed E-state index contributed by atoms with van der Waals surface area (Å²) in [5, 5.41) is 0.0494. The normalized spacial score (nSPS) is 20.2. The largest absolute Gasteiger partial charge is 0.378 e. The van der Waals surface area contributed by atoms with Crippen LogP contribution in [-0.2, 0) is 4.74 Å². The number of benzene rings is 1. The lowest BCUT2D eigenvalue weighted by Crippen LogP contribution is -2.39. The highest BCUT2D eigenvalue weighted by Crippen LogP contribution is 2.43. The Bertz CT molecular complexity index is 340. The van der Waals surface area contributed by atoms with Crippen LogP contribution < -0.4 is 0 Å². The van der Waals surface area contributed by atoms with Crippen LogP contribution in [0, 0.1) is 0 Å². The average molecular weight is 304 g/mol. The molecule has 0 spiro atoms. The highest BCUT2D eigenvalue weighted by atomic mass is 79.9. The van der Waals surface area contributed by atoms with E-state index in [9.17, 15) is 0 Å². The van der Waals surface area contributed by atoms with Crippen LogP contribution in [-0.4, -0.2) is 12.7 Å². The molecule has 1 saturated carbocycles. The van der Waals surface area contributed by atoms with Crippen molar-refractivity contribution >= 4 is 27.5 Å². The smallest absolute Gasteiger partial charge is 0.0696 e. The van der Waals surface area contributed by atoms with E-state index in [0.29, 0.717) is 0 Å². The third-order valence-electron chi connectivity index (χ3n) is 3.48. The summed E-state index contributed by atoms with van der Waals surface area (Å²) >= 11 is 9.87. The van der Waals surface area contributed by atoms with Gasteiger partial charge in [-0.15, -0.1) is 11.6 Å². The van der Waals surface area contributed by atoms with Crippen LogP contribution in [0.1, 0.15) is 36.6 Å². The molecule has 0 heterocycles. The Kier molecular flexibility index (Phi) is 3.93. The summed E-state index contributed by atoms with van der Waals surface area (Å²) in [5.41, 5.74) is 1.22. The predicted molar refractivity (Wildman–Crippen MR) is 70.9 cm³/mol. The number of hydrogen-bond acceptors (Lipinski definition) is 1. The average Bonchev–Trinajstić information content (AvgIpc) is 2.24. The van der Waals surface area contributed by atoms with E-state index < -0.39 is 0 Å². The van der Waals surface area contributed by atoms with Gasteiger partial charge in [0.05, 0.1) is 11.0 Å². The molecule has 0 saturated heterocycles. The van der Waals surface area contributed by atoms with Crippen molar-refractivity contribution in [2.24, 2.45) is 0 Å². The highest BCUT2D eigenvalue weighted by molar-refractivity contribution is 9.10. The zero-order valence-corrected chi connectivity index (χ0v) is 11.7. The van der Waals surface area contributed by atoms with Gasteiger partial charge in [0.15, 0.2) is 0 Å². The van der Waals surface area contributed by atoms with E-state index in [4.69, 9.17) is 16.3 Å². The topological polar surface area (TPSA) is 9.23 Å². The maximum absolute atomic E-state index is 6.44. The Morgan fingerprint density at radius 1 is 1.38 bits per heavy atom. The first kappa shape index (κ1) is 12.4. The Labute approximate surface area is 110 Å². The van der Waals surface area contributed by atoms with Crippen LogP contribution in [0.2, 0.25) is 0 Å². The molecule has 1 aliphatic rings. The molecule has 1 aromatic carbocycles. The Morgan fingerprint density at radius 2 is 2.00 bits per heavy atom. The lowest BCUT2D eigenvalue weighted by Gasteiger charge is -2.41. The molecule has 0 bridgehead atoms. The van der Waals surface area contributed by atoms with Crippen LogP contribution in [0.5, 0.6) is 0 Å². The lowest BCUT2D eigenvalue weighted by atomic mass is 9.76. The van der Waals surface area contributed by atoms with E-state index in [1.54, 1.807) is 7.11 Å². The predicted octanol–water partition coefficient (Wildman–Crippen LogP) is 4.69. The first-order chi connectivity index (χ1) is 7.65. The van der Waals surface area contributed by atoms with Crippen molar-refractivity contribution in [3.63, 3.8) is 0 Å². The van der Waals surface area contributed by atoms with Crippen LogP contribution in [0.25, 0.3) is 0 Å². The third kappa shape index (κ3) is 2.61. The van der Waals surface area contributed by atoms with Crippen molar-refractivity contribution in [2.75, 3.05) is 7.11 Å². The zero-order valence-electron chi connectivity index (χ0n) is 9.38. The number of methoxy groups -OCH3 is 1. The van der Waals surface area contributed by atoms with Gasteiger partial charge in [-0.25, -0.2) is 0 Å². The van der Waals surface area contributed by atoms with E-state index in [0.717, 1.165) is 23.7 Å². The summed E-state index contributed by atoms with van der Waals surface area (Å²) in [6.45, 7) is 0. The van der Waals surface area contributed by atoms with E-state index in [2.05, 4.69) is 28.1 Å². The summed E-state index contributed by atoms with van der Waals surface area (Å²) in [4.78, 5) is 0. The minimum atomic E-state index is 0.0412. The zero-order chi connectivity index (χ0) is 11.6. The van der Waals surface area contributed by atoms with Gasteiger partial charge in [-0.1, -0.05) is 28.1 Å². The van der Waals surface area contributed by atoms with Crippen LogP contribution in [0.3, 0.4) is 0 Å². The summed E-state index contributed by atoms with van der Waals surface area (Å²) in [7, 11) is 1.80. The van der Waals surface area contributed by atoms with Crippen LogP contribution >= 0.6 is 27.5 Å². The molecule has 0 aliphatic heterocycles. The van der Waals surface area contributed by atoms with Gasteiger partial charge in [0.25, 0.3) is 0 Å². The second kappa shape index (κ2) is 5.07. The highest BCUT2D eigenvalue weighted by Gasteiger charge is 2.38. The van der Waals surface area contributed by atoms with E-state index in [1.807, 2.05) is 12.1 Å². The summed E-state index contributed by atoms with van der Waals surface area (Å²) in [6, 6.07) is 8.21. The standard InChI is InChI=1S/C13H16BrClO/c1-16-13(7-2-8-13)9-12(15)10-3-5-11(14)6-4-10/h3-6,12H,2,7-9H2,1H3. The summed E-state index contributed by atoms with van der Waals surface area (Å²) in [6.07, 6.45) is 4.46. The fourth-order valence-corrected chi connectivity index (χ4v) is 2.87. The van der Waals surface area contributed by atoms with Gasteiger partial charge in [0, 0.05) is 11.6 Å². The molecule has 0 aromatic heterocycles. The van der Waals surface area contributed by atoms with Gasteiger partial charge in [0.2, 0.25) is 0 Å². The molecule has 3 heteroatoms. The number of ether oxygens (including phenoxy) is 1. The Morgan fingerprint density at radius 3 is 2.44 bits per heavy atom. The van der Waals surface area contributed by atoms with Crippen molar-refractivity contribution in [3.8, 4) is 0 Å². The molecule has 1 nitrogen and oxygen atoms in total. The summed E-state index contributed by atoms with van der Waals surface area (Å²) < 4.78 is 6.68. The van der Waals surface area contributed by atoms with E-state index in [-0.39, 0.29) is 11.0 Å². The van der Waals surface area contributed by atoms with Crippen LogP contribution in [0.4, 0.5) is 0 Å². The molecule has 16 heavy (non-hydrogen) atoms. The fourth-order valence-electron chi connectivity index (χ4n) is 2.18. The maximum Gasteiger partial charge on any atom is 0.0696 e. The second-order valence-corrected chi connectivity index (χ2v) is 5.91. The maximum atomic E-state index is 6.44. The van der Waals surface area contributed by atoms with E-state index in [1.165, 1.54) is 12.0 Å². The Balaban J connectivity index is 2.02. The molecule has 0 radical (unpaired) electrons. The van der Waals surface area contributed by atoms with Crippen LogP contribution in [0.15, 0.2) is 28.7 Å². The van der Waals surface area contributed by atoms with Crippen molar-refractivity contribution in [2.45, 2.75) is 36.7 Å². The van der Waals surface area contributed by atoms with Gasteiger partial charge in [0.1, 0.15) is 0 Å². The molecule has 1 aromatic rings. The van der Waals surface area contributed by atoms with Gasteiger partial charge in [-0.2, -0.15) is 0 Å². The molecule has 2 rings (SSSR count). The fraction of sp³-hybridized carbons (Fsp3) is 0.538. The quantitative estimate of drug-likeness (QED) is 0.733. The van der Waals surface area contributed by atoms with Crippen molar-refractivity contribution < 1.29 is 4.74 Å². The molecular weight excluding hydrogens is 287 g/mol. The minimum Gasteiger partial charge on any atom is -0.378 e. The number of halogens is 2. The number of hydrogen-bond donors (Lipinski definition) is 0. The summed E-state index contributed by atoms with van der Waals surface area (Å²) in [5.74, 6) is 0. The number of alkyl halides is 1. The molecule has 88 valence electrons. The van der Waals surface area contributed by atoms with E-state index >= 15 is 0 Å². The monoisotopic (exact) mass is 302 g/mol. The molecular formula is C13H16BrClO.